The molecule has 2 aromatic rings. The summed E-state index contributed by atoms with van der Waals surface area (Å²) in [6, 6.07) is 3.63. The van der Waals surface area contributed by atoms with Crippen LogP contribution in [0.4, 0.5) is 5.95 Å². The maximum absolute atomic E-state index is 6.23. The van der Waals surface area contributed by atoms with Crippen molar-refractivity contribution in [3.63, 3.8) is 0 Å². The quantitative estimate of drug-likeness (QED) is 0.810. The molecule has 102 valence electrons. The van der Waals surface area contributed by atoms with E-state index in [-0.39, 0.29) is 6.04 Å². The van der Waals surface area contributed by atoms with E-state index < -0.39 is 0 Å². The van der Waals surface area contributed by atoms with Gasteiger partial charge in [-0.2, -0.15) is 0 Å². The van der Waals surface area contributed by atoms with Gasteiger partial charge in [-0.15, -0.1) is 0 Å². The average Bonchev–Trinajstić information content (AvgIpc) is 2.63. The van der Waals surface area contributed by atoms with E-state index in [2.05, 4.69) is 10.3 Å². The molecule has 0 unspecified atom stereocenters. The SMILES string of the molecule is Cc1cn(-c2cc(Cl)c(Cl)cc2Cl)c(NC(C)C)n1. The monoisotopic (exact) mass is 317 g/mol. The molecule has 0 amide bonds. The Kier molecular flexibility index (Phi) is 4.29. The molecule has 1 aromatic heterocycles. The minimum Gasteiger partial charge on any atom is -0.353 e. The van der Waals surface area contributed by atoms with Crippen LogP contribution in [0.5, 0.6) is 0 Å². The first-order valence-corrected chi connectivity index (χ1v) is 6.99. The average molecular weight is 319 g/mol. The molecule has 0 radical (unpaired) electrons. The van der Waals surface area contributed by atoms with Crippen LogP contribution in [0.1, 0.15) is 19.5 Å². The second kappa shape index (κ2) is 5.61. The van der Waals surface area contributed by atoms with E-state index in [4.69, 9.17) is 34.8 Å². The molecule has 2 rings (SSSR count). The van der Waals surface area contributed by atoms with Gasteiger partial charge < -0.3 is 5.32 Å². The van der Waals surface area contributed by atoms with Crippen molar-refractivity contribution in [2.75, 3.05) is 5.32 Å². The van der Waals surface area contributed by atoms with Gasteiger partial charge in [0.2, 0.25) is 5.95 Å². The molecule has 1 aromatic carbocycles. The lowest BCUT2D eigenvalue weighted by molar-refractivity contribution is 0.864. The van der Waals surface area contributed by atoms with Crippen LogP contribution in [0.15, 0.2) is 18.3 Å². The van der Waals surface area contributed by atoms with Gasteiger partial charge in [0.15, 0.2) is 0 Å². The highest BCUT2D eigenvalue weighted by Gasteiger charge is 2.13. The van der Waals surface area contributed by atoms with Crippen LogP contribution < -0.4 is 5.32 Å². The fourth-order valence-electron chi connectivity index (χ4n) is 1.74. The van der Waals surface area contributed by atoms with Crippen molar-refractivity contribution in [1.82, 2.24) is 9.55 Å². The molecule has 1 N–H and O–H groups in total. The number of hydrogen-bond acceptors (Lipinski definition) is 2. The fraction of sp³-hybridized carbons (Fsp3) is 0.308. The number of rotatable bonds is 3. The molecule has 6 heteroatoms. The van der Waals surface area contributed by atoms with Crippen LogP contribution in [0.2, 0.25) is 15.1 Å². The Morgan fingerprint density at radius 1 is 1.11 bits per heavy atom. The molecule has 0 atom stereocenters. The zero-order valence-corrected chi connectivity index (χ0v) is 13.1. The maximum Gasteiger partial charge on any atom is 0.207 e. The lowest BCUT2D eigenvalue weighted by Gasteiger charge is -2.14. The Hall–Kier alpha value is -0.900. The first kappa shape index (κ1) is 14.5. The van der Waals surface area contributed by atoms with E-state index in [9.17, 15) is 0 Å². The number of halogens is 3. The van der Waals surface area contributed by atoms with Crippen molar-refractivity contribution in [1.29, 1.82) is 0 Å². The van der Waals surface area contributed by atoms with Gasteiger partial charge in [-0.05, 0) is 32.9 Å². The number of benzene rings is 1. The molecule has 3 nitrogen and oxygen atoms in total. The molecule has 0 saturated carbocycles. The van der Waals surface area contributed by atoms with E-state index in [1.54, 1.807) is 12.1 Å². The van der Waals surface area contributed by atoms with E-state index in [1.165, 1.54) is 0 Å². The molecule has 0 fully saturated rings. The van der Waals surface area contributed by atoms with Gasteiger partial charge in [0.1, 0.15) is 0 Å². The van der Waals surface area contributed by atoms with Crippen molar-refractivity contribution in [2.45, 2.75) is 26.8 Å². The van der Waals surface area contributed by atoms with Crippen LogP contribution in [0.3, 0.4) is 0 Å². The van der Waals surface area contributed by atoms with Gasteiger partial charge in [0.05, 0.1) is 26.4 Å². The Labute approximate surface area is 127 Å². The molecular weight excluding hydrogens is 305 g/mol. The molecule has 0 saturated heterocycles. The number of anilines is 1. The van der Waals surface area contributed by atoms with Crippen molar-refractivity contribution in [3.05, 3.63) is 39.1 Å². The first-order valence-electron chi connectivity index (χ1n) is 5.86. The first-order chi connectivity index (χ1) is 8.88. The second-order valence-electron chi connectivity index (χ2n) is 4.59. The third-order valence-electron chi connectivity index (χ3n) is 2.49. The summed E-state index contributed by atoms with van der Waals surface area (Å²) < 4.78 is 1.87. The summed E-state index contributed by atoms with van der Waals surface area (Å²) in [6.45, 7) is 6.02. The van der Waals surface area contributed by atoms with E-state index >= 15 is 0 Å². The Balaban J connectivity index is 2.55. The van der Waals surface area contributed by atoms with Crippen LogP contribution >= 0.6 is 34.8 Å². The summed E-state index contributed by atoms with van der Waals surface area (Å²) >= 11 is 18.2. The van der Waals surface area contributed by atoms with Gasteiger partial charge in [-0.1, -0.05) is 34.8 Å². The fourth-order valence-corrected chi connectivity index (χ4v) is 2.37. The van der Waals surface area contributed by atoms with Gasteiger partial charge >= 0.3 is 0 Å². The number of nitrogens with one attached hydrogen (secondary N) is 1. The molecule has 0 aliphatic carbocycles. The number of aromatic nitrogens is 2. The lowest BCUT2D eigenvalue weighted by Crippen LogP contribution is -2.14. The molecule has 0 aliphatic heterocycles. The predicted molar refractivity (Wildman–Crippen MR) is 82.1 cm³/mol. The largest absolute Gasteiger partial charge is 0.353 e. The smallest absolute Gasteiger partial charge is 0.207 e. The van der Waals surface area contributed by atoms with Crippen LogP contribution in [0.25, 0.3) is 5.69 Å². The van der Waals surface area contributed by atoms with Crippen molar-refractivity contribution in [3.8, 4) is 5.69 Å². The topological polar surface area (TPSA) is 29.9 Å². The summed E-state index contributed by atoms with van der Waals surface area (Å²) in [5, 5.41) is 4.69. The summed E-state index contributed by atoms with van der Waals surface area (Å²) in [5.74, 6) is 0.729. The normalized spacial score (nSPS) is 11.1. The zero-order valence-electron chi connectivity index (χ0n) is 10.8. The zero-order chi connectivity index (χ0) is 14.2. The number of imidazole rings is 1. The highest BCUT2D eigenvalue weighted by atomic mass is 35.5. The van der Waals surface area contributed by atoms with E-state index in [0.717, 1.165) is 17.3 Å². The lowest BCUT2D eigenvalue weighted by atomic mass is 10.3. The van der Waals surface area contributed by atoms with E-state index in [1.807, 2.05) is 31.5 Å². The summed E-state index contributed by atoms with van der Waals surface area (Å²) in [5.41, 5.74) is 1.64. The summed E-state index contributed by atoms with van der Waals surface area (Å²) in [6.07, 6.45) is 1.90. The number of nitrogens with zero attached hydrogens (tertiary/aromatic N) is 2. The Morgan fingerprint density at radius 2 is 1.74 bits per heavy atom. The van der Waals surface area contributed by atoms with Crippen molar-refractivity contribution >= 4 is 40.8 Å². The third-order valence-corrected chi connectivity index (χ3v) is 3.52. The third kappa shape index (κ3) is 3.16. The molecule has 1 heterocycles. The molecule has 0 spiro atoms. The van der Waals surface area contributed by atoms with Crippen LogP contribution in [0, 0.1) is 6.92 Å². The van der Waals surface area contributed by atoms with Gasteiger partial charge in [-0.3, -0.25) is 4.57 Å². The molecule has 19 heavy (non-hydrogen) atoms. The van der Waals surface area contributed by atoms with Gasteiger partial charge in [-0.25, -0.2) is 4.98 Å². The standard InChI is InChI=1S/C13H14Cl3N3/c1-7(2)17-13-18-8(3)6-19(13)12-5-10(15)9(14)4-11(12)16/h4-7H,1-3H3,(H,17,18). The van der Waals surface area contributed by atoms with Crippen LogP contribution in [-0.4, -0.2) is 15.6 Å². The number of hydrogen-bond donors (Lipinski definition) is 1. The Morgan fingerprint density at radius 3 is 2.37 bits per heavy atom. The summed E-state index contributed by atoms with van der Waals surface area (Å²) in [7, 11) is 0. The maximum atomic E-state index is 6.23. The van der Waals surface area contributed by atoms with E-state index in [0.29, 0.717) is 15.1 Å². The molecule has 0 bridgehead atoms. The minimum absolute atomic E-state index is 0.266. The Bertz CT molecular complexity index is 605. The van der Waals surface area contributed by atoms with Gasteiger partial charge in [0, 0.05) is 12.2 Å². The van der Waals surface area contributed by atoms with Crippen LogP contribution in [-0.2, 0) is 0 Å². The highest BCUT2D eigenvalue weighted by molar-refractivity contribution is 6.43. The van der Waals surface area contributed by atoms with Crippen molar-refractivity contribution in [2.24, 2.45) is 0 Å². The molecular formula is C13H14Cl3N3. The summed E-state index contributed by atoms with van der Waals surface area (Å²) in [4.78, 5) is 4.44. The second-order valence-corrected chi connectivity index (χ2v) is 5.81. The van der Waals surface area contributed by atoms with Gasteiger partial charge in [0.25, 0.3) is 0 Å². The predicted octanol–water partition coefficient (Wildman–Crippen LogP) is 4.96. The number of aryl methyl sites for hydroxylation is 1. The van der Waals surface area contributed by atoms with Crippen molar-refractivity contribution < 1.29 is 0 Å². The molecule has 0 aliphatic rings. The minimum atomic E-state index is 0.266. The highest BCUT2D eigenvalue weighted by Crippen LogP contribution is 2.32.